The molecule has 98 valence electrons. The van der Waals surface area contributed by atoms with Crippen molar-refractivity contribution in [2.75, 3.05) is 5.75 Å². The number of nitrogens with one attached hydrogen (secondary N) is 1. The first-order valence-electron chi connectivity index (χ1n) is 5.48. The normalized spacial score (nSPS) is 13.7. The second-order valence-electron chi connectivity index (χ2n) is 3.88. The molecule has 0 heterocycles. The fourth-order valence-electron chi connectivity index (χ4n) is 1.41. The van der Waals surface area contributed by atoms with E-state index in [0.717, 1.165) is 5.56 Å². The van der Waals surface area contributed by atoms with Gasteiger partial charge in [-0.2, -0.15) is 12.6 Å². The SMILES string of the molecule is N[C@H](CS)C(=O)N[C@@H](Cc1ccccc1)C(=O)O. The van der Waals surface area contributed by atoms with Crippen LogP contribution in [0.4, 0.5) is 0 Å². The van der Waals surface area contributed by atoms with Gasteiger partial charge in [0.25, 0.3) is 0 Å². The Morgan fingerprint density at radius 1 is 1.33 bits per heavy atom. The molecule has 1 rings (SSSR count). The van der Waals surface area contributed by atoms with Gasteiger partial charge in [-0.3, -0.25) is 4.79 Å². The molecule has 5 nitrogen and oxygen atoms in total. The van der Waals surface area contributed by atoms with E-state index in [0.29, 0.717) is 0 Å². The van der Waals surface area contributed by atoms with Gasteiger partial charge in [0.1, 0.15) is 6.04 Å². The zero-order valence-corrected chi connectivity index (χ0v) is 10.6. The molecule has 1 aromatic rings. The largest absolute Gasteiger partial charge is 0.480 e. The fraction of sp³-hybridized carbons (Fsp3) is 0.333. The third kappa shape index (κ3) is 4.38. The van der Waals surface area contributed by atoms with Crippen LogP contribution < -0.4 is 11.1 Å². The first kappa shape index (κ1) is 14.5. The van der Waals surface area contributed by atoms with Crippen molar-refractivity contribution in [3.05, 3.63) is 35.9 Å². The number of aliphatic carboxylic acids is 1. The van der Waals surface area contributed by atoms with Crippen LogP contribution in [-0.2, 0) is 16.0 Å². The van der Waals surface area contributed by atoms with Crippen molar-refractivity contribution in [3.8, 4) is 0 Å². The fourth-order valence-corrected chi connectivity index (χ4v) is 1.58. The van der Waals surface area contributed by atoms with Crippen LogP contribution in [0.2, 0.25) is 0 Å². The van der Waals surface area contributed by atoms with Crippen molar-refractivity contribution in [2.24, 2.45) is 5.73 Å². The Morgan fingerprint density at radius 2 is 1.94 bits per heavy atom. The van der Waals surface area contributed by atoms with E-state index in [1.54, 1.807) is 12.1 Å². The molecule has 1 aromatic carbocycles. The van der Waals surface area contributed by atoms with Gasteiger partial charge in [-0.15, -0.1) is 0 Å². The summed E-state index contributed by atoms with van der Waals surface area (Å²) >= 11 is 3.90. The summed E-state index contributed by atoms with van der Waals surface area (Å²) < 4.78 is 0. The molecule has 0 radical (unpaired) electrons. The van der Waals surface area contributed by atoms with Crippen LogP contribution in [0.25, 0.3) is 0 Å². The van der Waals surface area contributed by atoms with E-state index < -0.39 is 24.0 Å². The van der Waals surface area contributed by atoms with Crippen molar-refractivity contribution in [1.82, 2.24) is 5.32 Å². The number of hydrogen-bond donors (Lipinski definition) is 4. The number of benzene rings is 1. The van der Waals surface area contributed by atoms with E-state index in [2.05, 4.69) is 17.9 Å². The molecule has 0 aliphatic heterocycles. The molecule has 0 aromatic heterocycles. The lowest BCUT2D eigenvalue weighted by molar-refractivity contribution is -0.141. The molecule has 0 unspecified atom stereocenters. The quantitative estimate of drug-likeness (QED) is 0.549. The Labute approximate surface area is 111 Å². The average molecular weight is 268 g/mol. The van der Waals surface area contributed by atoms with Crippen LogP contribution in [0.5, 0.6) is 0 Å². The molecule has 0 aliphatic carbocycles. The number of amides is 1. The molecule has 4 N–H and O–H groups in total. The van der Waals surface area contributed by atoms with E-state index in [-0.39, 0.29) is 12.2 Å². The van der Waals surface area contributed by atoms with Crippen molar-refractivity contribution >= 4 is 24.5 Å². The molecule has 0 spiro atoms. The maximum atomic E-state index is 11.5. The number of carboxylic acid groups (broad SMARTS) is 1. The Morgan fingerprint density at radius 3 is 2.44 bits per heavy atom. The Balaban J connectivity index is 2.67. The number of rotatable bonds is 6. The highest BCUT2D eigenvalue weighted by atomic mass is 32.1. The first-order valence-corrected chi connectivity index (χ1v) is 6.11. The van der Waals surface area contributed by atoms with Gasteiger partial charge in [0.05, 0.1) is 6.04 Å². The molecule has 0 fully saturated rings. The van der Waals surface area contributed by atoms with Gasteiger partial charge in [0, 0.05) is 12.2 Å². The third-order valence-corrected chi connectivity index (χ3v) is 2.82. The highest BCUT2D eigenvalue weighted by molar-refractivity contribution is 7.80. The molecule has 6 heteroatoms. The molecular formula is C12H16N2O3S. The topological polar surface area (TPSA) is 92.4 Å². The van der Waals surface area contributed by atoms with Crippen molar-refractivity contribution < 1.29 is 14.7 Å². The predicted molar refractivity (Wildman–Crippen MR) is 71.5 cm³/mol. The summed E-state index contributed by atoms with van der Waals surface area (Å²) in [6, 6.07) is 7.30. The maximum Gasteiger partial charge on any atom is 0.326 e. The van der Waals surface area contributed by atoms with Gasteiger partial charge in [0.15, 0.2) is 0 Å². The highest BCUT2D eigenvalue weighted by Gasteiger charge is 2.22. The lowest BCUT2D eigenvalue weighted by Gasteiger charge is -2.16. The van der Waals surface area contributed by atoms with Crippen LogP contribution in [-0.4, -0.2) is 34.8 Å². The number of nitrogens with two attached hydrogens (primary N) is 1. The van der Waals surface area contributed by atoms with E-state index in [1.165, 1.54) is 0 Å². The smallest absolute Gasteiger partial charge is 0.326 e. The summed E-state index contributed by atoms with van der Waals surface area (Å²) in [7, 11) is 0. The number of carbonyl (C=O) groups is 2. The van der Waals surface area contributed by atoms with Crippen LogP contribution in [0, 0.1) is 0 Å². The summed E-state index contributed by atoms with van der Waals surface area (Å²) in [6.45, 7) is 0. The van der Waals surface area contributed by atoms with Gasteiger partial charge < -0.3 is 16.2 Å². The summed E-state index contributed by atoms with van der Waals surface area (Å²) in [5.41, 5.74) is 6.31. The second-order valence-corrected chi connectivity index (χ2v) is 4.24. The number of carboxylic acids is 1. The Hall–Kier alpha value is -1.53. The monoisotopic (exact) mass is 268 g/mol. The van der Waals surface area contributed by atoms with Crippen molar-refractivity contribution in [1.29, 1.82) is 0 Å². The molecule has 1 amide bonds. The summed E-state index contributed by atoms with van der Waals surface area (Å²) in [5.74, 6) is -1.42. The van der Waals surface area contributed by atoms with Crippen molar-refractivity contribution in [2.45, 2.75) is 18.5 Å². The van der Waals surface area contributed by atoms with Gasteiger partial charge >= 0.3 is 5.97 Å². The number of carbonyl (C=O) groups excluding carboxylic acids is 1. The lowest BCUT2D eigenvalue weighted by Crippen LogP contribution is -2.50. The molecule has 2 atom stereocenters. The summed E-state index contributed by atoms with van der Waals surface area (Å²) in [5, 5.41) is 11.5. The van der Waals surface area contributed by atoms with Crippen molar-refractivity contribution in [3.63, 3.8) is 0 Å². The number of thiol groups is 1. The lowest BCUT2D eigenvalue weighted by atomic mass is 10.1. The molecule has 0 saturated heterocycles. The molecule has 0 bridgehead atoms. The third-order valence-electron chi connectivity index (χ3n) is 2.43. The standard InChI is InChI=1S/C12H16N2O3S/c13-9(7-18)11(15)14-10(12(16)17)6-8-4-2-1-3-5-8/h1-5,9-10,18H,6-7,13H2,(H,14,15)(H,16,17)/t9-,10+/m1/s1. The van der Waals surface area contributed by atoms with Gasteiger partial charge in [-0.1, -0.05) is 30.3 Å². The molecule has 0 saturated carbocycles. The minimum Gasteiger partial charge on any atom is -0.480 e. The predicted octanol–water partition coefficient (Wildman–Crippen LogP) is 0.0556. The van der Waals surface area contributed by atoms with E-state index in [9.17, 15) is 9.59 Å². The second kappa shape index (κ2) is 7.03. The number of hydrogen-bond acceptors (Lipinski definition) is 4. The zero-order valence-electron chi connectivity index (χ0n) is 9.74. The van der Waals surface area contributed by atoms with Crippen LogP contribution in [0.15, 0.2) is 30.3 Å². The maximum absolute atomic E-state index is 11.5. The minimum absolute atomic E-state index is 0.170. The summed E-state index contributed by atoms with van der Waals surface area (Å²) in [4.78, 5) is 22.6. The first-order chi connectivity index (χ1) is 8.54. The van der Waals surface area contributed by atoms with Crippen LogP contribution in [0.1, 0.15) is 5.56 Å². The molecule has 0 aliphatic rings. The highest BCUT2D eigenvalue weighted by Crippen LogP contribution is 2.03. The van der Waals surface area contributed by atoms with Gasteiger partial charge in [0.2, 0.25) is 5.91 Å². The van der Waals surface area contributed by atoms with Crippen LogP contribution >= 0.6 is 12.6 Å². The van der Waals surface area contributed by atoms with Crippen LogP contribution in [0.3, 0.4) is 0 Å². The van der Waals surface area contributed by atoms with E-state index >= 15 is 0 Å². The molecular weight excluding hydrogens is 252 g/mol. The van der Waals surface area contributed by atoms with E-state index in [4.69, 9.17) is 10.8 Å². The minimum atomic E-state index is -1.08. The molecule has 18 heavy (non-hydrogen) atoms. The Bertz CT molecular complexity index is 411. The van der Waals surface area contributed by atoms with Gasteiger partial charge in [-0.25, -0.2) is 4.79 Å². The summed E-state index contributed by atoms with van der Waals surface area (Å²) in [6.07, 6.45) is 0.223. The Kier molecular flexibility index (Phi) is 5.67. The van der Waals surface area contributed by atoms with Gasteiger partial charge in [-0.05, 0) is 5.56 Å². The van der Waals surface area contributed by atoms with E-state index in [1.807, 2.05) is 18.2 Å². The zero-order chi connectivity index (χ0) is 13.5. The average Bonchev–Trinajstić information content (AvgIpc) is 2.37.